The minimum absolute atomic E-state index is 0.181. The van der Waals surface area contributed by atoms with Gasteiger partial charge >= 0.3 is 0 Å². The summed E-state index contributed by atoms with van der Waals surface area (Å²) < 4.78 is 86.6. The van der Waals surface area contributed by atoms with E-state index in [2.05, 4.69) is 127 Å². The maximum absolute atomic E-state index is 8.93. The largest absolute Gasteiger partial charge is 0.293 e. The molecule has 9 heteroatoms. The fourth-order valence-corrected chi connectivity index (χ4v) is 60.1. The van der Waals surface area contributed by atoms with Crippen molar-refractivity contribution >= 4 is 70.6 Å². The lowest BCUT2D eigenvalue weighted by Crippen LogP contribution is -2.57. The van der Waals surface area contributed by atoms with Gasteiger partial charge in [0.2, 0.25) is 0 Å². The second-order valence-electron chi connectivity index (χ2n) is 61.8. The predicted molar refractivity (Wildman–Crippen MR) is 650 cm³/mol. The minimum Gasteiger partial charge on any atom is -0.293 e. The summed E-state index contributed by atoms with van der Waals surface area (Å²) in [4.78, 5) is 9.94. The first-order chi connectivity index (χ1) is 77.3. The highest BCUT2D eigenvalue weighted by Gasteiger charge is 2.66. The van der Waals surface area contributed by atoms with Crippen LogP contribution >= 0.6 is 70.6 Å². The summed E-state index contributed by atoms with van der Waals surface area (Å²) in [6.07, 6.45) is 99.1. The van der Waals surface area contributed by atoms with Crippen molar-refractivity contribution in [2.45, 2.75) is 692 Å². The molecule has 149 heavy (non-hydrogen) atoms. The third kappa shape index (κ3) is 23.4. The third-order valence-electron chi connectivity index (χ3n) is 53.3. The maximum Gasteiger partial charge on any atom is 0.0269 e. The van der Waals surface area contributed by atoms with E-state index in [1.165, 1.54) is 186 Å². The molecule has 0 N–H and O–H groups in total. The first-order valence-electron chi connectivity index (χ1n) is 74.5. The molecule has 0 aromatic heterocycles. The highest BCUT2D eigenvalue weighted by Crippen LogP contribution is 2.71. The number of hydrogen-bond donors (Lipinski definition) is 0. The Morgan fingerprint density at radius 1 is 0.161 bits per heavy atom. The maximum atomic E-state index is 8.93. The van der Waals surface area contributed by atoms with Gasteiger partial charge in [0.25, 0.3) is 0 Å². The van der Waals surface area contributed by atoms with Crippen LogP contribution in [0.1, 0.15) is 588 Å². The normalized spacial score (nSPS) is 56.3. The molecule has 37 unspecified atom stereocenters. The lowest BCUT2D eigenvalue weighted by molar-refractivity contribution is -0.0164. The lowest BCUT2D eigenvalue weighted by Gasteiger charge is -2.53. The van der Waals surface area contributed by atoms with Crippen LogP contribution in [0.4, 0.5) is 0 Å². The molecule has 28 aliphatic rings. The van der Waals surface area contributed by atoms with Crippen LogP contribution in [0.5, 0.6) is 0 Å². The van der Waals surface area contributed by atoms with Gasteiger partial charge in [-0.2, -0.15) is 70.6 Å². The van der Waals surface area contributed by atoms with Crippen LogP contribution in [-0.4, -0.2) is 132 Å². The van der Waals surface area contributed by atoms with E-state index < -0.39 is 64.0 Å². The number of nitrogens with zero attached hydrogens (tertiary/aromatic N) is 3. The fourth-order valence-electron chi connectivity index (χ4n) is 46.1. The standard InChI is InChI=1S/C50H85NS2.C48H79NS2.C42H69NS2/c1-49(2,3)36-22-14-32(15-23-36)34-18-26-38(27-19-34)51(39-28-20-35(21-29-39)33-16-24-37(25-17-33)50(4,5)6)43-12-9-11-40-41-30-31-45-46(48(41)53-47(40)43)42-10-7-8-13-44(42)52-45;1-3-12-32(13-4-1)33-22-26-36(27-23-33)49(37-28-24-35(25-29-37)39-17-8-7-16-38(39)34-14-5-2-6-15-34)43-20-11-19-40-41-30-31-45-46(48(41)51-47(40)43)42-18-9-10-21-44(42)50-45;1-3-10-28(11-4-1)30-18-22-32(23-19-30)43(33-24-20-31(21-25-33)29-12-5-2-6-13-29)37-16-9-15-34-35-26-27-39-40(42(35)45-41(34)37)36-14-7-8-17-38(36)44-39/h32-48H,7-31H2,1-6H3;32-48H,1-31H2;28-42H,1-27H2/i;;1D,2D,3D,4D,5D,6D,10D,11D,12D,13D. The molecule has 844 valence electrons. The smallest absolute Gasteiger partial charge is 0.0269 e. The topological polar surface area (TPSA) is 9.72 Å². The van der Waals surface area contributed by atoms with E-state index in [4.69, 9.17) is 13.7 Å². The van der Waals surface area contributed by atoms with Gasteiger partial charge in [0.05, 0.1) is 0 Å². The van der Waals surface area contributed by atoms with E-state index in [0.29, 0.717) is 34.2 Å². The van der Waals surface area contributed by atoms with Crippen molar-refractivity contribution < 1.29 is 13.7 Å². The Labute approximate surface area is 959 Å². The summed E-state index contributed by atoms with van der Waals surface area (Å²) in [7, 11) is 0. The zero-order valence-electron chi connectivity index (χ0n) is 106. The molecular weight excluding hydrogens is 1920 g/mol. The Morgan fingerprint density at radius 3 is 0.671 bits per heavy atom. The Hall–Kier alpha value is 1.98. The molecule has 0 bridgehead atoms. The molecule has 0 amide bonds. The molecule has 0 aromatic rings. The summed E-state index contributed by atoms with van der Waals surface area (Å²) in [6, 6.07) is 6.88. The molecule has 22 aliphatic carbocycles. The first kappa shape index (κ1) is 98.2. The van der Waals surface area contributed by atoms with Gasteiger partial charge in [-0.3, -0.25) is 14.7 Å². The zero-order valence-corrected chi connectivity index (χ0v) is 101. The number of rotatable bonds is 16. The summed E-state index contributed by atoms with van der Waals surface area (Å²) in [6.45, 7) is 15.0. The molecule has 3 nitrogen and oxygen atoms in total. The molecule has 0 radical (unpaired) electrons. The van der Waals surface area contributed by atoms with Crippen LogP contribution in [0.3, 0.4) is 0 Å². The molecular formula is C140H233N3S6. The van der Waals surface area contributed by atoms with Gasteiger partial charge in [-0.1, -0.05) is 240 Å². The van der Waals surface area contributed by atoms with Gasteiger partial charge in [-0.05, 0) is 510 Å². The van der Waals surface area contributed by atoms with Gasteiger partial charge < -0.3 is 0 Å². The van der Waals surface area contributed by atoms with Crippen LogP contribution in [0.2, 0.25) is 0 Å². The first-order valence-corrected chi connectivity index (χ1v) is 74.4. The Kier molecular flexibility index (Phi) is 32.7. The van der Waals surface area contributed by atoms with E-state index >= 15 is 0 Å². The number of fused-ring (bicyclic) bond motifs is 21. The van der Waals surface area contributed by atoms with Gasteiger partial charge in [0.15, 0.2) is 0 Å². The Balaban J connectivity index is 0.000000118. The molecule has 22 saturated carbocycles. The lowest BCUT2D eigenvalue weighted by atomic mass is 9.61. The quantitative estimate of drug-likeness (QED) is 0.148. The van der Waals surface area contributed by atoms with E-state index in [1.807, 2.05) is 0 Å². The van der Waals surface area contributed by atoms with Gasteiger partial charge in [-0.25, -0.2) is 0 Å². The van der Waals surface area contributed by atoms with Crippen molar-refractivity contribution in [2.24, 2.45) is 177 Å². The van der Waals surface area contributed by atoms with Crippen LogP contribution in [-0.2, 0) is 0 Å². The zero-order chi connectivity index (χ0) is 109. The van der Waals surface area contributed by atoms with E-state index in [-0.39, 0.29) is 23.7 Å². The van der Waals surface area contributed by atoms with E-state index in [9.17, 15) is 0 Å². The Morgan fingerprint density at radius 2 is 0.383 bits per heavy atom. The minimum atomic E-state index is -0.964. The molecule has 28 fully saturated rings. The summed E-state index contributed by atoms with van der Waals surface area (Å²) in [5.41, 5.74) is 1.02. The van der Waals surface area contributed by atoms with Crippen molar-refractivity contribution in [3.63, 3.8) is 0 Å². The fraction of sp³-hybridized carbons (Fsp3) is 1.00. The molecule has 6 heterocycles. The molecule has 28 rings (SSSR count). The monoisotopic (exact) mass is 2160 g/mol. The molecule has 6 aliphatic heterocycles. The third-order valence-corrected chi connectivity index (χ3v) is 64.7. The van der Waals surface area contributed by atoms with Gasteiger partial charge in [-0.15, -0.1) is 0 Å². The van der Waals surface area contributed by atoms with Crippen molar-refractivity contribution in [1.29, 1.82) is 0 Å². The van der Waals surface area contributed by atoms with Crippen molar-refractivity contribution in [3.8, 4) is 0 Å². The average molecular weight is 2160 g/mol. The van der Waals surface area contributed by atoms with Crippen molar-refractivity contribution in [1.82, 2.24) is 14.7 Å². The molecule has 6 saturated heterocycles. The van der Waals surface area contributed by atoms with E-state index in [0.717, 1.165) is 287 Å². The second kappa shape index (κ2) is 49.6. The highest BCUT2D eigenvalue weighted by atomic mass is 32.2. The SMILES string of the molecule is C1CCC(C2CCC(N(C3CCC(C4CCCCC4C4CCCCC4)CC3)C3CCCC4C5CCC6SC7CCCCC7C6C5SC43)CC2)CC1.CC(C)(C)C1CCC(C2CCC(N(C3CCC(C4CCC(C(C)(C)C)CC4)CC3)C3CCCC4C5CCC6SC7CCCCC7C6C5SC43)CC2)CC1.[2H]C1C([2H])C([2H])C(C2CCC(N(C3CCC(C4C([2H])C([2H])C([2H])C([2H])C4[2H])CC3)C3CCCC4C5CCC6SC7CCCCC7C6C5SC43)CC2)C([2H])C1[2H]. The van der Waals surface area contributed by atoms with Crippen LogP contribution in [0.15, 0.2) is 0 Å². The molecule has 0 spiro atoms. The van der Waals surface area contributed by atoms with E-state index in [1.54, 1.807) is 231 Å². The van der Waals surface area contributed by atoms with Crippen LogP contribution in [0.25, 0.3) is 0 Å². The number of hydrogen-bond acceptors (Lipinski definition) is 9. The molecule has 37 atom stereocenters. The van der Waals surface area contributed by atoms with Gasteiger partial charge in [0.1, 0.15) is 0 Å². The summed E-state index contributed by atoms with van der Waals surface area (Å²) in [5.74, 6) is 24.5. The van der Waals surface area contributed by atoms with Gasteiger partial charge in [0, 0.05) is 131 Å². The van der Waals surface area contributed by atoms with Crippen molar-refractivity contribution in [2.75, 3.05) is 0 Å². The summed E-state index contributed by atoms with van der Waals surface area (Å²) in [5, 5.41) is 11.4. The Bertz CT molecular complexity index is 4370. The summed E-state index contributed by atoms with van der Waals surface area (Å²) >= 11 is 15.2. The van der Waals surface area contributed by atoms with Crippen LogP contribution < -0.4 is 0 Å². The van der Waals surface area contributed by atoms with Crippen LogP contribution in [0, 0.1) is 177 Å². The highest BCUT2D eigenvalue weighted by molar-refractivity contribution is 8.03. The second-order valence-corrected chi connectivity index (χ2v) is 70.4. The number of thioether (sulfide) groups is 6. The molecule has 0 aromatic carbocycles. The van der Waals surface area contributed by atoms with Crippen molar-refractivity contribution in [3.05, 3.63) is 0 Å². The predicted octanol–water partition coefficient (Wildman–Crippen LogP) is 40.1. The average Bonchev–Trinajstić information content (AvgIpc) is 1.58.